The summed E-state index contributed by atoms with van der Waals surface area (Å²) in [5.74, 6) is 2.19. The van der Waals surface area contributed by atoms with Crippen molar-refractivity contribution in [2.45, 2.75) is 0 Å². The van der Waals surface area contributed by atoms with E-state index in [1.54, 1.807) is 24.3 Å². The van der Waals surface area contributed by atoms with Crippen LogP contribution in [-0.2, 0) is 0 Å². The molecule has 0 saturated carbocycles. The summed E-state index contributed by atoms with van der Waals surface area (Å²) in [6.07, 6.45) is 0. The van der Waals surface area contributed by atoms with Gasteiger partial charge in [-0.1, -0.05) is 97.1 Å². The van der Waals surface area contributed by atoms with E-state index in [0.717, 1.165) is 33.4 Å². The van der Waals surface area contributed by atoms with Crippen LogP contribution in [-0.4, -0.2) is 29.9 Å². The molecule has 2 aromatic heterocycles. The summed E-state index contributed by atoms with van der Waals surface area (Å²) in [6, 6.07) is 47.6. The molecule has 50 heavy (non-hydrogen) atoms. The van der Waals surface area contributed by atoms with E-state index in [1.165, 1.54) is 24.3 Å². The quantitative estimate of drug-likeness (QED) is 0.171. The molecule has 8 rings (SSSR count). The van der Waals surface area contributed by atoms with Gasteiger partial charge in [0.1, 0.15) is 11.6 Å². The van der Waals surface area contributed by atoms with E-state index in [1.807, 2.05) is 103 Å². The molecule has 0 spiro atoms. The van der Waals surface area contributed by atoms with E-state index < -0.39 is 0 Å². The van der Waals surface area contributed by atoms with Gasteiger partial charge in [-0.2, -0.15) is 0 Å². The maximum Gasteiger partial charge on any atom is 0.164 e. The molecule has 0 aliphatic heterocycles. The number of hydrogen-bond acceptors (Lipinski definition) is 6. The van der Waals surface area contributed by atoms with Gasteiger partial charge in [-0.25, -0.2) is 38.7 Å². The normalized spacial score (nSPS) is 11.0. The van der Waals surface area contributed by atoms with E-state index in [-0.39, 0.29) is 11.6 Å². The van der Waals surface area contributed by atoms with E-state index in [9.17, 15) is 8.78 Å². The molecule has 6 nitrogen and oxygen atoms in total. The lowest BCUT2D eigenvalue weighted by Gasteiger charge is -2.11. The van der Waals surface area contributed by atoms with E-state index >= 15 is 0 Å². The van der Waals surface area contributed by atoms with E-state index in [2.05, 4.69) is 11.1 Å². The molecular formula is C42H26F2N6. The summed E-state index contributed by atoms with van der Waals surface area (Å²) in [4.78, 5) is 28.8. The minimum atomic E-state index is -0.360. The highest BCUT2D eigenvalue weighted by Crippen LogP contribution is 2.31. The Kier molecular flexibility index (Phi) is 8.16. The third-order valence-electron chi connectivity index (χ3n) is 8.11. The zero-order valence-corrected chi connectivity index (χ0v) is 26.5. The van der Waals surface area contributed by atoms with Crippen LogP contribution >= 0.6 is 0 Å². The molecule has 0 aliphatic carbocycles. The summed E-state index contributed by atoms with van der Waals surface area (Å²) < 4.78 is 27.5. The first kappa shape index (κ1) is 30.5. The minimum absolute atomic E-state index is 0.360. The largest absolute Gasteiger partial charge is 0.208 e. The SMILES string of the molecule is Fc1ccc(-c2nc(-c3ccc(F)cc3)nc(-c3cccc(-c4cccc(-c5nc(-c6ccccc6)nc(-c6ccccc6)n5)c4)c3)n2)cc1. The maximum absolute atomic E-state index is 13.8. The summed E-state index contributed by atoms with van der Waals surface area (Å²) >= 11 is 0. The molecule has 0 atom stereocenters. The van der Waals surface area contributed by atoms with E-state index in [0.29, 0.717) is 46.1 Å². The monoisotopic (exact) mass is 652 g/mol. The van der Waals surface area contributed by atoms with Crippen LogP contribution in [0.5, 0.6) is 0 Å². The number of halogens is 2. The van der Waals surface area contributed by atoms with Crippen LogP contribution in [0.1, 0.15) is 0 Å². The van der Waals surface area contributed by atoms with Crippen molar-refractivity contribution in [1.29, 1.82) is 0 Å². The summed E-state index contributed by atoms with van der Waals surface area (Å²) in [5, 5.41) is 0. The van der Waals surface area contributed by atoms with Crippen molar-refractivity contribution < 1.29 is 8.78 Å². The van der Waals surface area contributed by atoms with Crippen molar-refractivity contribution in [2.75, 3.05) is 0 Å². The lowest BCUT2D eigenvalue weighted by molar-refractivity contribution is 0.627. The topological polar surface area (TPSA) is 77.3 Å². The van der Waals surface area contributed by atoms with Crippen LogP contribution in [0, 0.1) is 11.6 Å². The molecule has 238 valence electrons. The average Bonchev–Trinajstić information content (AvgIpc) is 3.19. The summed E-state index contributed by atoms with van der Waals surface area (Å²) in [7, 11) is 0. The molecule has 0 radical (unpaired) electrons. The van der Waals surface area contributed by atoms with Gasteiger partial charge in [-0.05, 0) is 71.8 Å². The fourth-order valence-corrected chi connectivity index (χ4v) is 5.57. The molecule has 0 saturated heterocycles. The highest BCUT2D eigenvalue weighted by atomic mass is 19.1. The molecule has 0 N–H and O–H groups in total. The Bertz CT molecular complexity index is 2310. The zero-order valence-electron chi connectivity index (χ0n) is 26.5. The van der Waals surface area contributed by atoms with Crippen LogP contribution in [0.3, 0.4) is 0 Å². The summed E-state index contributed by atoms with van der Waals surface area (Å²) in [5.41, 5.74) is 6.51. The first-order valence-electron chi connectivity index (χ1n) is 15.9. The highest BCUT2D eigenvalue weighted by Gasteiger charge is 2.15. The van der Waals surface area contributed by atoms with E-state index in [4.69, 9.17) is 24.9 Å². The van der Waals surface area contributed by atoms with Gasteiger partial charge in [0.05, 0.1) is 0 Å². The number of rotatable bonds is 7. The lowest BCUT2D eigenvalue weighted by Crippen LogP contribution is -2.00. The molecule has 8 heteroatoms. The molecule has 0 fully saturated rings. The van der Waals surface area contributed by atoms with Gasteiger partial charge in [0.25, 0.3) is 0 Å². The van der Waals surface area contributed by atoms with Crippen LogP contribution < -0.4 is 0 Å². The van der Waals surface area contributed by atoms with Gasteiger partial charge in [-0.15, -0.1) is 0 Å². The number of nitrogens with zero attached hydrogens (tertiary/aromatic N) is 6. The van der Waals surface area contributed by atoms with Gasteiger partial charge in [0.2, 0.25) is 0 Å². The van der Waals surface area contributed by atoms with Crippen molar-refractivity contribution in [3.8, 4) is 79.5 Å². The molecule has 0 aliphatic rings. The zero-order chi connectivity index (χ0) is 33.9. The van der Waals surface area contributed by atoms with Crippen molar-refractivity contribution >= 4 is 0 Å². The van der Waals surface area contributed by atoms with Gasteiger partial charge in [0.15, 0.2) is 34.9 Å². The fourth-order valence-electron chi connectivity index (χ4n) is 5.57. The second kappa shape index (κ2) is 13.4. The third-order valence-corrected chi connectivity index (χ3v) is 8.11. The van der Waals surface area contributed by atoms with Crippen LogP contribution in [0.2, 0.25) is 0 Å². The van der Waals surface area contributed by atoms with Crippen molar-refractivity contribution in [2.24, 2.45) is 0 Å². The third kappa shape index (κ3) is 6.50. The maximum atomic E-state index is 13.8. The van der Waals surface area contributed by atoms with Gasteiger partial charge in [-0.3, -0.25) is 0 Å². The molecule has 6 aromatic carbocycles. The molecule has 0 bridgehead atoms. The predicted octanol–water partition coefficient (Wildman–Crippen LogP) is 10.0. The Morgan fingerprint density at radius 3 is 0.840 bits per heavy atom. The molecule has 0 unspecified atom stereocenters. The number of hydrogen-bond donors (Lipinski definition) is 0. The molecular weight excluding hydrogens is 627 g/mol. The second-order valence-corrected chi connectivity index (χ2v) is 11.5. The Labute approximate surface area is 286 Å². The Hall–Kier alpha value is -6.80. The molecule has 0 amide bonds. The van der Waals surface area contributed by atoms with Crippen molar-refractivity contribution in [3.05, 3.63) is 169 Å². The van der Waals surface area contributed by atoms with Crippen molar-refractivity contribution in [1.82, 2.24) is 29.9 Å². The van der Waals surface area contributed by atoms with Gasteiger partial charge < -0.3 is 0 Å². The Balaban J connectivity index is 1.20. The highest BCUT2D eigenvalue weighted by molar-refractivity contribution is 5.76. The van der Waals surface area contributed by atoms with Crippen LogP contribution in [0.15, 0.2) is 158 Å². The summed E-state index contributed by atoms with van der Waals surface area (Å²) in [6.45, 7) is 0. The van der Waals surface area contributed by atoms with Crippen LogP contribution in [0.25, 0.3) is 79.5 Å². The molecule has 2 heterocycles. The van der Waals surface area contributed by atoms with Gasteiger partial charge >= 0.3 is 0 Å². The average molecular weight is 653 g/mol. The smallest absolute Gasteiger partial charge is 0.164 e. The standard InChI is InChI=1S/C42H26F2N6/c43-35-21-17-29(18-22-35)39-46-40(30-19-23-36(44)24-20-30)50-42(49-39)34-16-8-14-32(26-34)31-13-7-15-33(25-31)41-47-37(27-9-3-1-4-10-27)45-38(48-41)28-11-5-2-6-12-28/h1-26H. The van der Waals surface area contributed by atoms with Crippen LogP contribution in [0.4, 0.5) is 8.78 Å². The Morgan fingerprint density at radius 1 is 0.240 bits per heavy atom. The lowest BCUT2D eigenvalue weighted by atomic mass is 10.0. The Morgan fingerprint density at radius 2 is 0.500 bits per heavy atom. The minimum Gasteiger partial charge on any atom is -0.208 e. The second-order valence-electron chi connectivity index (χ2n) is 11.5. The van der Waals surface area contributed by atoms with Crippen molar-refractivity contribution in [3.63, 3.8) is 0 Å². The van der Waals surface area contributed by atoms with Gasteiger partial charge in [0, 0.05) is 33.4 Å². The predicted molar refractivity (Wildman–Crippen MR) is 191 cm³/mol. The molecule has 8 aromatic rings. The fraction of sp³-hybridized carbons (Fsp3) is 0. The first-order valence-corrected chi connectivity index (χ1v) is 15.9. The number of benzene rings is 6. The first-order chi connectivity index (χ1) is 24.6. The number of aromatic nitrogens is 6.